The van der Waals surface area contributed by atoms with E-state index in [-0.39, 0.29) is 34.5 Å². The minimum absolute atomic E-state index is 0.0214. The molecule has 1 aliphatic heterocycles. The van der Waals surface area contributed by atoms with Crippen molar-refractivity contribution in [2.45, 2.75) is 31.2 Å². The first-order valence-corrected chi connectivity index (χ1v) is 13.8. The topological polar surface area (TPSA) is 63.0 Å². The number of aromatic hydroxyl groups is 1. The zero-order valence-corrected chi connectivity index (χ0v) is 21.7. The molecule has 0 amide bonds. The number of nitrogens with zero attached hydrogens (tertiary/aromatic N) is 3. The van der Waals surface area contributed by atoms with E-state index in [0.717, 1.165) is 48.3 Å². The molecule has 2 aliphatic carbocycles. The molecule has 0 spiro atoms. The number of pyridine rings is 1. The fourth-order valence-electron chi connectivity index (χ4n) is 6.79. The van der Waals surface area contributed by atoms with Crippen LogP contribution >= 0.6 is 0 Å². The maximum Gasteiger partial charge on any atom is 0.175 e. The molecule has 40 heavy (non-hydrogen) atoms. The average Bonchev–Trinajstić information content (AvgIpc) is 3.83. The number of terminal acetylenes is 1. The lowest BCUT2D eigenvalue weighted by atomic mass is 9.94. The van der Waals surface area contributed by atoms with Gasteiger partial charge in [-0.15, -0.1) is 6.42 Å². The predicted molar refractivity (Wildman–Crippen MR) is 150 cm³/mol. The van der Waals surface area contributed by atoms with Gasteiger partial charge in [-0.3, -0.25) is 4.68 Å². The Balaban J connectivity index is 1.45. The first-order valence-electron chi connectivity index (χ1n) is 13.8. The number of phenols is 1. The molecule has 2 saturated carbocycles. The minimum Gasteiger partial charge on any atom is -0.508 e. The first kappa shape index (κ1) is 23.6. The van der Waals surface area contributed by atoms with Gasteiger partial charge in [-0.05, 0) is 66.9 Å². The lowest BCUT2D eigenvalue weighted by Gasteiger charge is -2.15. The van der Waals surface area contributed by atoms with E-state index >= 15 is 4.39 Å². The smallest absolute Gasteiger partial charge is 0.175 e. The molecule has 3 heterocycles. The zero-order chi connectivity index (χ0) is 27.1. The summed E-state index contributed by atoms with van der Waals surface area (Å²) in [6.45, 7) is 1.90. The number of halogens is 2. The highest BCUT2D eigenvalue weighted by Gasteiger charge is 2.56. The summed E-state index contributed by atoms with van der Waals surface area (Å²) < 4.78 is 33.7. The molecule has 2 N–H and O–H groups in total. The molecule has 3 atom stereocenters. The van der Waals surface area contributed by atoms with Crippen molar-refractivity contribution in [2.75, 3.05) is 13.1 Å². The van der Waals surface area contributed by atoms with Gasteiger partial charge in [0.2, 0.25) is 0 Å². The molecule has 0 radical (unpaired) electrons. The zero-order valence-electron chi connectivity index (χ0n) is 21.7. The van der Waals surface area contributed by atoms with E-state index in [1.807, 2.05) is 35.0 Å². The lowest BCUT2D eigenvalue weighted by molar-refractivity contribution is 0.476. The van der Waals surface area contributed by atoms with Crippen molar-refractivity contribution in [2.24, 2.45) is 11.8 Å². The quantitative estimate of drug-likeness (QED) is 0.270. The van der Waals surface area contributed by atoms with E-state index in [4.69, 9.17) is 16.5 Å². The standard InChI is InChI=1S/C33H26F2N4O/c1-2-21-25(34)11-8-18-13-20(40)14-22(27(18)21)31-30(35)33-29(26(37-31)12-17-6-4-3-5-7-17)32(38-39(33)19-9-10-19)28-23-15-36-16-24(23)28/h1,3-8,11,13-14,19,23-24,28,36,40H,9-10,12,15-16H2/t23-,24?,28?/m0/s1. The third-order valence-corrected chi connectivity index (χ3v) is 8.85. The molecule has 3 aliphatic rings. The van der Waals surface area contributed by atoms with Crippen LogP contribution in [0.1, 0.15) is 47.3 Å². The molecular weight excluding hydrogens is 506 g/mol. The van der Waals surface area contributed by atoms with Gasteiger partial charge in [-0.1, -0.05) is 42.3 Å². The molecule has 198 valence electrons. The number of aromatic nitrogens is 3. The van der Waals surface area contributed by atoms with Gasteiger partial charge in [0.05, 0.1) is 23.0 Å². The number of piperidine rings is 1. The van der Waals surface area contributed by atoms with Gasteiger partial charge in [-0.2, -0.15) is 5.10 Å². The maximum atomic E-state index is 16.9. The Morgan fingerprint density at radius 2 is 1.80 bits per heavy atom. The summed E-state index contributed by atoms with van der Waals surface area (Å²) in [7, 11) is 0. The van der Waals surface area contributed by atoms with E-state index in [2.05, 4.69) is 11.2 Å². The third kappa shape index (κ3) is 3.49. The summed E-state index contributed by atoms with van der Waals surface area (Å²) in [6, 6.07) is 15.9. The number of hydrogen-bond acceptors (Lipinski definition) is 4. The molecule has 3 fully saturated rings. The van der Waals surface area contributed by atoms with Crippen molar-refractivity contribution in [3.8, 4) is 29.4 Å². The van der Waals surface area contributed by atoms with Gasteiger partial charge in [0.15, 0.2) is 5.82 Å². The van der Waals surface area contributed by atoms with Crippen molar-refractivity contribution in [1.29, 1.82) is 0 Å². The van der Waals surface area contributed by atoms with Crippen molar-refractivity contribution < 1.29 is 13.9 Å². The SMILES string of the molecule is C#Cc1c(F)ccc2cc(O)cc(-c3nc(Cc4ccccc4)c4c(C5C6CNC[C@@H]65)nn(C5CC5)c4c3F)c12. The van der Waals surface area contributed by atoms with Gasteiger partial charge >= 0.3 is 0 Å². The monoisotopic (exact) mass is 532 g/mol. The normalized spacial score (nSPS) is 21.6. The Kier molecular flexibility index (Phi) is 5.08. The molecule has 2 aromatic heterocycles. The Morgan fingerprint density at radius 1 is 1.02 bits per heavy atom. The summed E-state index contributed by atoms with van der Waals surface area (Å²) in [5.74, 6) is 2.58. The van der Waals surface area contributed by atoms with E-state index in [9.17, 15) is 9.50 Å². The maximum absolute atomic E-state index is 16.9. The second-order valence-electron chi connectivity index (χ2n) is 11.3. The van der Waals surface area contributed by atoms with Gasteiger partial charge < -0.3 is 10.4 Å². The number of fused-ring (bicyclic) bond motifs is 3. The molecule has 2 unspecified atom stereocenters. The van der Waals surface area contributed by atoms with Crippen molar-refractivity contribution >= 4 is 21.7 Å². The van der Waals surface area contributed by atoms with Crippen molar-refractivity contribution in [1.82, 2.24) is 20.1 Å². The Labute approximate surface area is 229 Å². The van der Waals surface area contributed by atoms with Crippen LogP contribution in [0.5, 0.6) is 5.75 Å². The van der Waals surface area contributed by atoms with E-state index < -0.39 is 11.6 Å². The van der Waals surface area contributed by atoms with Gasteiger partial charge in [0, 0.05) is 28.7 Å². The second-order valence-corrected chi connectivity index (χ2v) is 11.3. The average molecular weight is 533 g/mol. The summed E-state index contributed by atoms with van der Waals surface area (Å²) in [5, 5.41) is 20.8. The fraction of sp³-hybridized carbons (Fsp3) is 0.273. The van der Waals surface area contributed by atoms with Gasteiger partial charge in [0.1, 0.15) is 22.8 Å². The highest BCUT2D eigenvalue weighted by atomic mass is 19.1. The van der Waals surface area contributed by atoms with Crippen LogP contribution in [0, 0.1) is 35.8 Å². The Bertz CT molecular complexity index is 1880. The predicted octanol–water partition coefficient (Wildman–Crippen LogP) is 6.08. The Morgan fingerprint density at radius 3 is 2.52 bits per heavy atom. The van der Waals surface area contributed by atoms with E-state index in [1.54, 1.807) is 6.07 Å². The number of benzene rings is 3. The van der Waals surface area contributed by atoms with Crippen LogP contribution in [0.2, 0.25) is 0 Å². The molecule has 7 heteroatoms. The number of nitrogens with one attached hydrogen (secondary N) is 1. The molecule has 5 aromatic rings. The second kappa shape index (κ2) is 8.61. The van der Waals surface area contributed by atoms with Crippen LogP contribution in [0.4, 0.5) is 8.78 Å². The minimum atomic E-state index is -0.577. The number of hydrogen-bond donors (Lipinski definition) is 2. The summed E-state index contributed by atoms with van der Waals surface area (Å²) in [5.41, 5.74) is 3.51. The molecule has 1 saturated heterocycles. The van der Waals surface area contributed by atoms with Crippen LogP contribution in [-0.2, 0) is 6.42 Å². The summed E-state index contributed by atoms with van der Waals surface area (Å²) >= 11 is 0. The first-order chi connectivity index (χ1) is 19.5. The van der Waals surface area contributed by atoms with Crippen LogP contribution in [0.25, 0.3) is 32.9 Å². The van der Waals surface area contributed by atoms with E-state index in [1.165, 1.54) is 18.2 Å². The highest BCUT2D eigenvalue weighted by Crippen LogP contribution is 2.58. The van der Waals surface area contributed by atoms with Gasteiger partial charge in [0.25, 0.3) is 0 Å². The summed E-state index contributed by atoms with van der Waals surface area (Å²) in [6.07, 6.45) is 8.12. The molecule has 0 bridgehead atoms. The largest absolute Gasteiger partial charge is 0.508 e. The molecular formula is C33H26F2N4O. The fourth-order valence-corrected chi connectivity index (χ4v) is 6.79. The summed E-state index contributed by atoms with van der Waals surface area (Å²) in [4.78, 5) is 4.97. The van der Waals surface area contributed by atoms with Crippen LogP contribution in [0.3, 0.4) is 0 Å². The van der Waals surface area contributed by atoms with Crippen molar-refractivity contribution in [3.05, 3.63) is 88.7 Å². The van der Waals surface area contributed by atoms with Crippen LogP contribution < -0.4 is 5.32 Å². The Hall–Kier alpha value is -4.28. The highest BCUT2D eigenvalue weighted by molar-refractivity contribution is 6.03. The molecule has 5 nitrogen and oxygen atoms in total. The van der Waals surface area contributed by atoms with Crippen molar-refractivity contribution in [3.63, 3.8) is 0 Å². The van der Waals surface area contributed by atoms with Crippen LogP contribution in [-0.4, -0.2) is 33.0 Å². The van der Waals surface area contributed by atoms with E-state index in [0.29, 0.717) is 34.5 Å². The molecule has 3 aromatic carbocycles. The third-order valence-electron chi connectivity index (χ3n) is 8.85. The molecule has 8 rings (SSSR count). The number of rotatable bonds is 5. The lowest BCUT2D eigenvalue weighted by Crippen LogP contribution is -2.14. The van der Waals surface area contributed by atoms with Crippen LogP contribution in [0.15, 0.2) is 54.6 Å². The number of phenolic OH excluding ortho intramolecular Hbond substituents is 1. The van der Waals surface area contributed by atoms with Gasteiger partial charge in [-0.25, -0.2) is 13.8 Å².